The number of carbonyl (C=O) groups is 2. The van der Waals surface area contributed by atoms with Crippen molar-refractivity contribution in [3.05, 3.63) is 101 Å². The standard InChI is InChI=1S/C31H38ClN3O4S/c1-4-24-16-18-28(19-17-24)35(40(3,38)39)20-10-15-30(36)34(23-26-13-9-14-27(32)21-26)29(31(37)33-5-2)22-25-11-7-6-8-12-25/h6-9,11-14,16-19,21,29H,4-5,10,15,20,22-23H2,1-3H3,(H,33,37). The molecule has 0 aromatic heterocycles. The van der Waals surface area contributed by atoms with Crippen LogP contribution in [-0.2, 0) is 39.0 Å². The third kappa shape index (κ3) is 9.10. The predicted octanol–water partition coefficient (Wildman–Crippen LogP) is 5.22. The fraction of sp³-hybridized carbons (Fsp3) is 0.355. The Bertz CT molecular complexity index is 1360. The second-order valence-electron chi connectivity index (χ2n) is 9.71. The minimum absolute atomic E-state index is 0.0737. The smallest absolute Gasteiger partial charge is 0.243 e. The fourth-order valence-electron chi connectivity index (χ4n) is 4.58. The average molecular weight is 584 g/mol. The Morgan fingerprint density at radius 2 is 1.57 bits per heavy atom. The third-order valence-electron chi connectivity index (χ3n) is 6.65. The van der Waals surface area contributed by atoms with Crippen molar-refractivity contribution in [3.8, 4) is 0 Å². The number of nitrogens with zero attached hydrogens (tertiary/aromatic N) is 2. The molecule has 9 heteroatoms. The Morgan fingerprint density at radius 1 is 0.900 bits per heavy atom. The Balaban J connectivity index is 1.85. The van der Waals surface area contributed by atoms with E-state index in [-0.39, 0.29) is 31.3 Å². The molecule has 3 rings (SSSR count). The van der Waals surface area contributed by atoms with Gasteiger partial charge in [0.1, 0.15) is 6.04 Å². The highest BCUT2D eigenvalue weighted by Gasteiger charge is 2.30. The number of hydrogen-bond acceptors (Lipinski definition) is 4. The van der Waals surface area contributed by atoms with Crippen LogP contribution in [0.25, 0.3) is 0 Å². The lowest BCUT2D eigenvalue weighted by atomic mass is 10.0. The fourth-order valence-corrected chi connectivity index (χ4v) is 5.76. The first-order valence-corrected chi connectivity index (χ1v) is 15.8. The number of anilines is 1. The zero-order chi connectivity index (χ0) is 29.1. The van der Waals surface area contributed by atoms with Gasteiger partial charge in [-0.25, -0.2) is 8.42 Å². The van der Waals surface area contributed by atoms with Crippen molar-refractivity contribution < 1.29 is 18.0 Å². The number of sulfonamides is 1. The van der Waals surface area contributed by atoms with Crippen LogP contribution in [0.5, 0.6) is 0 Å². The predicted molar refractivity (Wildman–Crippen MR) is 162 cm³/mol. The van der Waals surface area contributed by atoms with Crippen LogP contribution in [0, 0.1) is 0 Å². The van der Waals surface area contributed by atoms with Gasteiger partial charge in [0, 0.05) is 37.5 Å². The first-order chi connectivity index (χ1) is 19.1. The van der Waals surface area contributed by atoms with E-state index in [9.17, 15) is 18.0 Å². The molecule has 1 atom stereocenters. The lowest BCUT2D eigenvalue weighted by molar-refractivity contribution is -0.141. The van der Waals surface area contributed by atoms with Gasteiger partial charge in [-0.15, -0.1) is 0 Å². The van der Waals surface area contributed by atoms with E-state index in [0.717, 1.165) is 23.1 Å². The molecule has 0 bridgehead atoms. The summed E-state index contributed by atoms with van der Waals surface area (Å²) in [4.78, 5) is 28.6. The number of halogens is 1. The highest BCUT2D eigenvalue weighted by Crippen LogP contribution is 2.21. The summed E-state index contributed by atoms with van der Waals surface area (Å²) in [5.41, 5.74) is 3.41. The number of rotatable bonds is 14. The molecule has 40 heavy (non-hydrogen) atoms. The average Bonchev–Trinajstić information content (AvgIpc) is 2.93. The molecule has 7 nitrogen and oxygen atoms in total. The molecule has 3 aromatic carbocycles. The van der Waals surface area contributed by atoms with Gasteiger partial charge in [-0.1, -0.05) is 73.1 Å². The van der Waals surface area contributed by atoms with Crippen molar-refractivity contribution >= 4 is 39.1 Å². The molecule has 0 spiro atoms. The van der Waals surface area contributed by atoms with Gasteiger partial charge in [-0.3, -0.25) is 13.9 Å². The summed E-state index contributed by atoms with van der Waals surface area (Å²) in [6.45, 7) is 4.65. The van der Waals surface area contributed by atoms with E-state index in [1.807, 2.05) is 68.4 Å². The zero-order valence-electron chi connectivity index (χ0n) is 23.3. The van der Waals surface area contributed by atoms with Gasteiger partial charge in [0.25, 0.3) is 0 Å². The van der Waals surface area contributed by atoms with Gasteiger partial charge < -0.3 is 10.2 Å². The maximum atomic E-state index is 13.8. The minimum Gasteiger partial charge on any atom is -0.355 e. The van der Waals surface area contributed by atoms with E-state index in [1.165, 1.54) is 10.6 Å². The van der Waals surface area contributed by atoms with Crippen molar-refractivity contribution in [2.24, 2.45) is 0 Å². The summed E-state index contributed by atoms with van der Waals surface area (Å²) in [7, 11) is -3.56. The maximum Gasteiger partial charge on any atom is 0.243 e. The Kier molecular flexibility index (Phi) is 11.6. The molecule has 1 N–H and O–H groups in total. The number of amides is 2. The molecule has 0 radical (unpaired) electrons. The quantitative estimate of drug-likeness (QED) is 0.282. The first kappa shape index (κ1) is 31.2. The Morgan fingerprint density at radius 3 is 2.17 bits per heavy atom. The summed E-state index contributed by atoms with van der Waals surface area (Å²) in [5.74, 6) is -0.475. The second kappa shape index (κ2) is 14.9. The normalized spacial score (nSPS) is 12.0. The molecule has 3 aromatic rings. The SMILES string of the molecule is CCNC(=O)C(Cc1ccccc1)N(Cc1cccc(Cl)c1)C(=O)CCCN(c1ccc(CC)cc1)S(C)(=O)=O. The van der Waals surface area contributed by atoms with Gasteiger partial charge in [-0.05, 0) is 60.7 Å². The molecular formula is C31H38ClN3O4S. The number of likely N-dealkylation sites (N-methyl/N-ethyl adjacent to an activating group) is 1. The summed E-state index contributed by atoms with van der Waals surface area (Å²) < 4.78 is 26.5. The maximum absolute atomic E-state index is 13.8. The van der Waals surface area contributed by atoms with Gasteiger partial charge in [0.05, 0.1) is 11.9 Å². The lowest BCUT2D eigenvalue weighted by Crippen LogP contribution is -2.50. The number of aryl methyl sites for hydroxylation is 1. The van der Waals surface area contributed by atoms with E-state index in [4.69, 9.17) is 11.6 Å². The van der Waals surface area contributed by atoms with Crippen LogP contribution >= 0.6 is 11.6 Å². The minimum atomic E-state index is -3.56. The van der Waals surface area contributed by atoms with Crippen LogP contribution in [0.15, 0.2) is 78.9 Å². The van der Waals surface area contributed by atoms with Crippen LogP contribution in [0.2, 0.25) is 5.02 Å². The lowest BCUT2D eigenvalue weighted by Gasteiger charge is -2.32. The Labute approximate surface area is 243 Å². The summed E-state index contributed by atoms with van der Waals surface area (Å²) in [5, 5.41) is 3.42. The van der Waals surface area contributed by atoms with Gasteiger partial charge in [0.15, 0.2) is 0 Å². The zero-order valence-corrected chi connectivity index (χ0v) is 24.9. The highest BCUT2D eigenvalue weighted by molar-refractivity contribution is 7.92. The molecule has 1 unspecified atom stereocenters. The van der Waals surface area contributed by atoms with Crippen LogP contribution in [0.1, 0.15) is 43.4 Å². The van der Waals surface area contributed by atoms with Gasteiger partial charge in [-0.2, -0.15) is 0 Å². The van der Waals surface area contributed by atoms with E-state index < -0.39 is 16.1 Å². The molecule has 0 saturated heterocycles. The monoisotopic (exact) mass is 583 g/mol. The Hall–Kier alpha value is -3.36. The molecule has 0 saturated carbocycles. The van der Waals surface area contributed by atoms with Crippen molar-refractivity contribution in [2.75, 3.05) is 23.7 Å². The number of benzene rings is 3. The van der Waals surface area contributed by atoms with Crippen molar-refractivity contribution in [3.63, 3.8) is 0 Å². The second-order valence-corrected chi connectivity index (χ2v) is 12.1. The molecule has 0 aliphatic carbocycles. The van der Waals surface area contributed by atoms with Crippen LogP contribution in [-0.4, -0.2) is 50.5 Å². The van der Waals surface area contributed by atoms with E-state index in [0.29, 0.717) is 30.1 Å². The van der Waals surface area contributed by atoms with Crippen LogP contribution in [0.4, 0.5) is 5.69 Å². The van der Waals surface area contributed by atoms with E-state index >= 15 is 0 Å². The topological polar surface area (TPSA) is 86.8 Å². The van der Waals surface area contributed by atoms with Gasteiger partial charge in [0.2, 0.25) is 21.8 Å². The summed E-state index contributed by atoms with van der Waals surface area (Å²) in [6, 6.07) is 23.4. The van der Waals surface area contributed by atoms with Crippen molar-refractivity contribution in [2.45, 2.75) is 52.1 Å². The molecule has 0 aliphatic rings. The number of nitrogens with one attached hydrogen (secondary N) is 1. The molecule has 0 heterocycles. The van der Waals surface area contributed by atoms with E-state index in [1.54, 1.807) is 29.2 Å². The van der Waals surface area contributed by atoms with Crippen LogP contribution in [0.3, 0.4) is 0 Å². The van der Waals surface area contributed by atoms with E-state index in [2.05, 4.69) is 5.32 Å². The number of hydrogen-bond donors (Lipinski definition) is 1. The summed E-state index contributed by atoms with van der Waals surface area (Å²) >= 11 is 6.22. The van der Waals surface area contributed by atoms with Gasteiger partial charge >= 0.3 is 0 Å². The number of carbonyl (C=O) groups excluding carboxylic acids is 2. The van der Waals surface area contributed by atoms with Crippen molar-refractivity contribution in [1.29, 1.82) is 0 Å². The molecule has 0 fully saturated rings. The van der Waals surface area contributed by atoms with Crippen molar-refractivity contribution in [1.82, 2.24) is 10.2 Å². The van der Waals surface area contributed by atoms with Crippen LogP contribution < -0.4 is 9.62 Å². The third-order valence-corrected chi connectivity index (χ3v) is 8.08. The molecular weight excluding hydrogens is 546 g/mol. The largest absolute Gasteiger partial charge is 0.355 e. The first-order valence-electron chi connectivity index (χ1n) is 13.5. The summed E-state index contributed by atoms with van der Waals surface area (Å²) in [6.07, 6.45) is 2.73. The molecule has 214 valence electrons. The molecule has 2 amide bonds. The molecule has 0 aliphatic heterocycles. The highest BCUT2D eigenvalue weighted by atomic mass is 35.5.